The number of hydrogen-bond acceptors (Lipinski definition) is 3. The Balaban J connectivity index is 1.74. The molecule has 1 saturated carbocycles. The fraction of sp³-hybridized carbons (Fsp3) is 0.316. The lowest BCUT2D eigenvalue weighted by atomic mass is 9.99. The van der Waals surface area contributed by atoms with Gasteiger partial charge in [-0.1, -0.05) is 6.07 Å². The molecule has 5 heteroatoms. The van der Waals surface area contributed by atoms with Crippen molar-refractivity contribution in [3.05, 3.63) is 46.8 Å². The van der Waals surface area contributed by atoms with Crippen LogP contribution in [0.2, 0.25) is 0 Å². The van der Waals surface area contributed by atoms with E-state index in [1.165, 1.54) is 12.8 Å². The summed E-state index contributed by atoms with van der Waals surface area (Å²) in [5.41, 5.74) is 7.33. The number of hydrogen-bond donors (Lipinski definition) is 1. The largest absolute Gasteiger partial charge is 0.325 e. The van der Waals surface area contributed by atoms with Crippen LogP contribution in [0.25, 0.3) is 16.9 Å². The number of aromatic nitrogens is 3. The van der Waals surface area contributed by atoms with Crippen LogP contribution in [0.5, 0.6) is 0 Å². The zero-order valence-corrected chi connectivity index (χ0v) is 13.8. The molecule has 0 unspecified atom stereocenters. The number of rotatable bonds is 2. The predicted octanol–water partition coefficient (Wildman–Crippen LogP) is 3.39. The molecule has 2 aliphatic rings. The Labute approximate surface area is 139 Å². The monoisotopic (exact) mass is 318 g/mol. The molecule has 3 heterocycles. The van der Waals surface area contributed by atoms with Crippen LogP contribution in [0, 0.1) is 13.8 Å². The van der Waals surface area contributed by atoms with Gasteiger partial charge in [0.1, 0.15) is 0 Å². The molecule has 1 aromatic carbocycles. The molecule has 1 N–H and O–H groups in total. The smallest absolute Gasteiger partial charge is 0.228 e. The zero-order chi connectivity index (χ0) is 16.4. The van der Waals surface area contributed by atoms with Crippen molar-refractivity contribution in [2.75, 3.05) is 5.32 Å². The summed E-state index contributed by atoms with van der Waals surface area (Å²) in [5.74, 6) is 1.55. The van der Waals surface area contributed by atoms with E-state index in [1.807, 2.05) is 17.5 Å². The fourth-order valence-corrected chi connectivity index (χ4v) is 3.59. The molecular weight excluding hydrogens is 300 g/mol. The summed E-state index contributed by atoms with van der Waals surface area (Å²) in [5, 5.41) is 7.72. The molecule has 2 aromatic heterocycles. The summed E-state index contributed by atoms with van der Waals surface area (Å²) in [4.78, 5) is 16.4. The summed E-state index contributed by atoms with van der Waals surface area (Å²) in [7, 11) is 0. The minimum Gasteiger partial charge on any atom is -0.325 e. The van der Waals surface area contributed by atoms with E-state index in [9.17, 15) is 4.79 Å². The topological polar surface area (TPSA) is 59.3 Å². The first-order valence-corrected chi connectivity index (χ1v) is 8.40. The number of carbonyl (C=O) groups excluding carboxylic acids is 1. The van der Waals surface area contributed by atoms with E-state index in [-0.39, 0.29) is 5.91 Å². The minimum absolute atomic E-state index is 0.0666. The molecule has 0 atom stereocenters. The van der Waals surface area contributed by atoms with Crippen molar-refractivity contribution >= 4 is 17.2 Å². The van der Waals surface area contributed by atoms with Gasteiger partial charge >= 0.3 is 0 Å². The maximum absolute atomic E-state index is 11.7. The Morgan fingerprint density at radius 3 is 2.79 bits per heavy atom. The van der Waals surface area contributed by atoms with Crippen LogP contribution in [-0.4, -0.2) is 20.5 Å². The van der Waals surface area contributed by atoms with Gasteiger partial charge < -0.3 is 5.32 Å². The number of anilines is 1. The highest BCUT2D eigenvalue weighted by atomic mass is 16.1. The van der Waals surface area contributed by atoms with Gasteiger partial charge in [0.05, 0.1) is 12.1 Å². The molecule has 120 valence electrons. The van der Waals surface area contributed by atoms with Gasteiger partial charge in [0.2, 0.25) is 5.91 Å². The van der Waals surface area contributed by atoms with Crippen molar-refractivity contribution in [3.8, 4) is 11.3 Å². The number of benzene rings is 1. The predicted molar refractivity (Wildman–Crippen MR) is 92.2 cm³/mol. The Hall–Kier alpha value is -2.69. The SMILES string of the molecule is Cc1cc(-c2c(C)ccc3nc(C4CC4)nn23)cc2c1NC(=O)C2. The lowest BCUT2D eigenvalue weighted by Crippen LogP contribution is -2.04. The maximum Gasteiger partial charge on any atom is 0.228 e. The van der Waals surface area contributed by atoms with E-state index < -0.39 is 0 Å². The third-order valence-corrected chi connectivity index (χ3v) is 4.96. The number of pyridine rings is 1. The van der Waals surface area contributed by atoms with Crippen molar-refractivity contribution < 1.29 is 4.79 Å². The van der Waals surface area contributed by atoms with Gasteiger partial charge in [-0.3, -0.25) is 4.79 Å². The maximum atomic E-state index is 11.7. The number of fused-ring (bicyclic) bond motifs is 2. The normalized spacial score (nSPS) is 16.5. The Bertz CT molecular complexity index is 1010. The van der Waals surface area contributed by atoms with Crippen LogP contribution in [0.4, 0.5) is 5.69 Å². The summed E-state index contributed by atoms with van der Waals surface area (Å²) in [6, 6.07) is 8.37. The van der Waals surface area contributed by atoms with E-state index in [2.05, 4.69) is 30.4 Å². The van der Waals surface area contributed by atoms with Gasteiger partial charge in [-0.15, -0.1) is 0 Å². The van der Waals surface area contributed by atoms with Crippen LogP contribution in [0.15, 0.2) is 24.3 Å². The first-order valence-electron chi connectivity index (χ1n) is 8.40. The lowest BCUT2D eigenvalue weighted by molar-refractivity contribution is -0.115. The molecule has 0 saturated heterocycles. The Morgan fingerprint density at radius 1 is 1.17 bits per heavy atom. The average Bonchev–Trinajstić information content (AvgIpc) is 3.19. The molecule has 1 amide bonds. The summed E-state index contributed by atoms with van der Waals surface area (Å²) in [6.07, 6.45) is 2.83. The summed E-state index contributed by atoms with van der Waals surface area (Å²) >= 11 is 0. The number of aryl methyl sites for hydroxylation is 2. The zero-order valence-electron chi connectivity index (χ0n) is 13.8. The van der Waals surface area contributed by atoms with Gasteiger partial charge in [0, 0.05) is 17.2 Å². The highest BCUT2D eigenvalue weighted by molar-refractivity contribution is 6.00. The third kappa shape index (κ3) is 1.97. The van der Waals surface area contributed by atoms with Crippen LogP contribution >= 0.6 is 0 Å². The second kappa shape index (κ2) is 4.66. The molecule has 24 heavy (non-hydrogen) atoms. The summed E-state index contributed by atoms with van der Waals surface area (Å²) < 4.78 is 1.97. The molecule has 5 nitrogen and oxygen atoms in total. The van der Waals surface area contributed by atoms with Gasteiger partial charge in [0.15, 0.2) is 11.5 Å². The molecule has 0 radical (unpaired) electrons. The van der Waals surface area contributed by atoms with Crippen molar-refractivity contribution in [1.29, 1.82) is 0 Å². The van der Waals surface area contributed by atoms with Gasteiger partial charge in [-0.2, -0.15) is 5.10 Å². The van der Waals surface area contributed by atoms with Crippen molar-refractivity contribution in [2.24, 2.45) is 0 Å². The van der Waals surface area contributed by atoms with Crippen molar-refractivity contribution in [3.63, 3.8) is 0 Å². The molecule has 0 spiro atoms. The molecular formula is C19H18N4O. The molecule has 1 fully saturated rings. The Kier molecular flexibility index (Phi) is 2.66. The first-order chi connectivity index (χ1) is 11.6. The molecule has 1 aliphatic carbocycles. The highest BCUT2D eigenvalue weighted by Crippen LogP contribution is 2.39. The number of carbonyl (C=O) groups is 1. The number of nitrogens with zero attached hydrogens (tertiary/aromatic N) is 3. The first kappa shape index (κ1) is 13.7. The second-order valence-electron chi connectivity index (χ2n) is 6.93. The van der Waals surface area contributed by atoms with Gasteiger partial charge in [0.25, 0.3) is 0 Å². The highest BCUT2D eigenvalue weighted by Gasteiger charge is 2.29. The van der Waals surface area contributed by atoms with Crippen molar-refractivity contribution in [1.82, 2.24) is 14.6 Å². The van der Waals surface area contributed by atoms with Gasteiger partial charge in [-0.25, -0.2) is 9.50 Å². The van der Waals surface area contributed by atoms with Crippen LogP contribution in [0.1, 0.15) is 41.3 Å². The van der Waals surface area contributed by atoms with E-state index in [0.29, 0.717) is 12.3 Å². The minimum atomic E-state index is 0.0666. The van der Waals surface area contributed by atoms with Gasteiger partial charge in [-0.05, 0) is 61.6 Å². The quantitative estimate of drug-likeness (QED) is 0.788. The standard InChI is InChI=1S/C19H18N4O/c1-10-3-6-15-20-19(12-4-5-12)22-23(15)18(10)14-7-11(2)17-13(8-14)9-16(24)21-17/h3,6-8,12H,4-5,9H2,1-2H3,(H,21,24). The van der Waals surface area contributed by atoms with Crippen LogP contribution in [0.3, 0.4) is 0 Å². The second-order valence-corrected chi connectivity index (χ2v) is 6.93. The van der Waals surface area contributed by atoms with E-state index in [1.54, 1.807) is 0 Å². The summed E-state index contributed by atoms with van der Waals surface area (Å²) in [6.45, 7) is 4.14. The molecule has 5 rings (SSSR count). The van der Waals surface area contributed by atoms with Crippen molar-refractivity contribution in [2.45, 2.75) is 39.0 Å². The number of amides is 1. The van der Waals surface area contributed by atoms with E-state index >= 15 is 0 Å². The fourth-order valence-electron chi connectivity index (χ4n) is 3.59. The Morgan fingerprint density at radius 2 is 2.00 bits per heavy atom. The number of nitrogens with one attached hydrogen (secondary N) is 1. The average molecular weight is 318 g/mol. The van der Waals surface area contributed by atoms with Crippen LogP contribution in [-0.2, 0) is 11.2 Å². The molecule has 1 aliphatic heterocycles. The van der Waals surface area contributed by atoms with Crippen LogP contribution < -0.4 is 5.32 Å². The third-order valence-electron chi connectivity index (χ3n) is 4.96. The van der Waals surface area contributed by atoms with E-state index in [0.717, 1.165) is 45.1 Å². The van der Waals surface area contributed by atoms with E-state index in [4.69, 9.17) is 10.1 Å². The molecule has 0 bridgehead atoms. The lowest BCUT2D eigenvalue weighted by Gasteiger charge is -2.12. The molecule has 3 aromatic rings.